The van der Waals surface area contributed by atoms with Crippen LogP contribution in [0.3, 0.4) is 0 Å². The summed E-state index contributed by atoms with van der Waals surface area (Å²) in [7, 11) is 1.28. The molecule has 1 aliphatic heterocycles. The number of hydrogen-bond acceptors (Lipinski definition) is 8. The lowest BCUT2D eigenvalue weighted by Crippen LogP contribution is -2.37. The fourth-order valence-electron chi connectivity index (χ4n) is 2.65. The number of hydrogen-bond donors (Lipinski definition) is 2. The molecule has 0 spiro atoms. The highest BCUT2D eigenvalue weighted by Crippen LogP contribution is 2.34. The molecule has 2 aromatic rings. The molecule has 0 bridgehead atoms. The standard InChI is InChI=1S/C19H16F2N4O6S/c1-30-13-8-10(2-4-12(13)31-18(20)21)9-14-17(28)25(19(29)32-14)7-6-22-16(27)11-3-5-15(26)24-23-11/h2-5,8-9,18H,6-7H2,1H3,(H,22,27)(H,24,26)/b14-9-. The molecule has 2 heterocycles. The Labute approximate surface area is 183 Å². The Morgan fingerprint density at radius 3 is 2.69 bits per heavy atom. The van der Waals surface area contributed by atoms with Crippen LogP contribution in [0.4, 0.5) is 13.6 Å². The predicted octanol–water partition coefficient (Wildman–Crippen LogP) is 1.85. The van der Waals surface area contributed by atoms with Crippen molar-refractivity contribution in [2.45, 2.75) is 6.61 Å². The van der Waals surface area contributed by atoms with Crippen LogP contribution >= 0.6 is 11.8 Å². The number of nitrogens with zero attached hydrogens (tertiary/aromatic N) is 2. The van der Waals surface area contributed by atoms with Gasteiger partial charge in [-0.1, -0.05) is 6.07 Å². The predicted molar refractivity (Wildman–Crippen MR) is 109 cm³/mol. The number of rotatable bonds is 8. The van der Waals surface area contributed by atoms with Crippen molar-refractivity contribution in [2.75, 3.05) is 20.2 Å². The molecule has 1 aliphatic rings. The molecule has 2 N–H and O–H groups in total. The first kappa shape index (κ1) is 22.9. The van der Waals surface area contributed by atoms with E-state index in [9.17, 15) is 28.0 Å². The van der Waals surface area contributed by atoms with Crippen LogP contribution in [0, 0.1) is 0 Å². The lowest BCUT2D eigenvalue weighted by atomic mass is 10.2. The van der Waals surface area contributed by atoms with Crippen molar-refractivity contribution in [3.8, 4) is 11.5 Å². The lowest BCUT2D eigenvalue weighted by molar-refractivity contribution is -0.122. The van der Waals surface area contributed by atoms with Crippen molar-refractivity contribution in [2.24, 2.45) is 0 Å². The molecule has 32 heavy (non-hydrogen) atoms. The van der Waals surface area contributed by atoms with Crippen molar-refractivity contribution in [3.63, 3.8) is 0 Å². The smallest absolute Gasteiger partial charge is 0.387 e. The number of imide groups is 1. The number of aromatic nitrogens is 2. The van der Waals surface area contributed by atoms with Crippen LogP contribution in [-0.4, -0.2) is 59.0 Å². The van der Waals surface area contributed by atoms with Crippen LogP contribution in [0.2, 0.25) is 0 Å². The third kappa shape index (κ3) is 5.49. The summed E-state index contributed by atoms with van der Waals surface area (Å²) in [6, 6.07) is 6.48. The zero-order valence-electron chi connectivity index (χ0n) is 16.5. The number of carbonyl (C=O) groups excluding carboxylic acids is 3. The molecular formula is C19H16F2N4O6S. The average molecular weight is 466 g/mol. The van der Waals surface area contributed by atoms with Crippen molar-refractivity contribution in [1.29, 1.82) is 0 Å². The molecule has 0 saturated carbocycles. The molecule has 0 unspecified atom stereocenters. The number of aromatic amines is 1. The van der Waals surface area contributed by atoms with E-state index in [0.29, 0.717) is 17.3 Å². The molecule has 0 atom stereocenters. The first-order valence-corrected chi connectivity index (χ1v) is 9.82. The van der Waals surface area contributed by atoms with Gasteiger partial charge in [0.05, 0.1) is 12.0 Å². The van der Waals surface area contributed by atoms with E-state index in [0.717, 1.165) is 11.0 Å². The molecule has 1 saturated heterocycles. The van der Waals surface area contributed by atoms with E-state index in [-0.39, 0.29) is 35.2 Å². The van der Waals surface area contributed by atoms with E-state index in [2.05, 4.69) is 20.3 Å². The van der Waals surface area contributed by atoms with Gasteiger partial charge in [-0.05, 0) is 41.6 Å². The van der Waals surface area contributed by atoms with Gasteiger partial charge in [0.15, 0.2) is 11.5 Å². The van der Waals surface area contributed by atoms with E-state index >= 15 is 0 Å². The van der Waals surface area contributed by atoms with Crippen molar-refractivity contribution < 1.29 is 32.6 Å². The Kier molecular flexibility index (Phi) is 7.20. The molecule has 1 fully saturated rings. The summed E-state index contributed by atoms with van der Waals surface area (Å²) in [6.07, 6.45) is 1.42. The number of carbonyl (C=O) groups is 3. The summed E-state index contributed by atoms with van der Waals surface area (Å²) < 4.78 is 34.2. The largest absolute Gasteiger partial charge is 0.493 e. The zero-order chi connectivity index (χ0) is 23.3. The van der Waals surface area contributed by atoms with Crippen LogP contribution in [0.5, 0.6) is 11.5 Å². The molecule has 3 amide bonds. The molecule has 0 radical (unpaired) electrons. The second kappa shape index (κ2) is 10.0. The van der Waals surface area contributed by atoms with Crippen molar-refractivity contribution >= 4 is 34.9 Å². The molecule has 1 aromatic heterocycles. The van der Waals surface area contributed by atoms with Crippen LogP contribution in [0.15, 0.2) is 40.0 Å². The fraction of sp³-hybridized carbons (Fsp3) is 0.211. The van der Waals surface area contributed by atoms with Crippen LogP contribution < -0.4 is 20.3 Å². The number of alkyl halides is 2. The summed E-state index contributed by atoms with van der Waals surface area (Å²) in [5, 5.41) is 7.68. The second-order valence-electron chi connectivity index (χ2n) is 6.18. The van der Waals surface area contributed by atoms with Crippen molar-refractivity contribution in [3.05, 3.63) is 56.8 Å². The van der Waals surface area contributed by atoms with Gasteiger partial charge in [-0.15, -0.1) is 0 Å². The van der Waals surface area contributed by atoms with E-state index in [1.807, 2.05) is 0 Å². The number of amides is 3. The third-order valence-corrected chi connectivity index (χ3v) is 5.02. The van der Waals surface area contributed by atoms with E-state index in [1.165, 1.54) is 37.5 Å². The van der Waals surface area contributed by atoms with Gasteiger partial charge < -0.3 is 14.8 Å². The molecule has 0 aliphatic carbocycles. The maximum Gasteiger partial charge on any atom is 0.387 e. The molecule has 10 nitrogen and oxygen atoms in total. The summed E-state index contributed by atoms with van der Waals surface area (Å²) in [4.78, 5) is 48.8. The van der Waals surface area contributed by atoms with Gasteiger partial charge in [-0.3, -0.25) is 24.1 Å². The number of methoxy groups -OCH3 is 1. The highest BCUT2D eigenvalue weighted by molar-refractivity contribution is 8.18. The van der Waals surface area contributed by atoms with Crippen LogP contribution in [0.1, 0.15) is 16.1 Å². The number of halogens is 2. The Morgan fingerprint density at radius 1 is 1.25 bits per heavy atom. The van der Waals surface area contributed by atoms with Gasteiger partial charge in [-0.25, -0.2) is 5.10 Å². The zero-order valence-corrected chi connectivity index (χ0v) is 17.3. The molecular weight excluding hydrogens is 450 g/mol. The summed E-state index contributed by atoms with van der Waals surface area (Å²) in [5.74, 6) is -1.28. The summed E-state index contributed by atoms with van der Waals surface area (Å²) in [6.45, 7) is -3.13. The average Bonchev–Trinajstić information content (AvgIpc) is 3.02. The fourth-order valence-corrected chi connectivity index (χ4v) is 3.52. The van der Waals surface area contributed by atoms with Crippen LogP contribution in [0.25, 0.3) is 6.08 Å². The van der Waals surface area contributed by atoms with Crippen molar-refractivity contribution in [1.82, 2.24) is 20.4 Å². The number of nitrogens with one attached hydrogen (secondary N) is 2. The summed E-state index contributed by atoms with van der Waals surface area (Å²) in [5.41, 5.74) is -0.0433. The highest BCUT2D eigenvalue weighted by atomic mass is 32.2. The Bertz CT molecular complexity index is 1120. The second-order valence-corrected chi connectivity index (χ2v) is 7.18. The SMILES string of the molecule is COc1cc(/C=C2\SC(=O)N(CCNC(=O)c3ccc(=O)[nH]n3)C2=O)ccc1OC(F)F. The van der Waals surface area contributed by atoms with Gasteiger partial charge in [0.1, 0.15) is 5.69 Å². The van der Waals surface area contributed by atoms with Gasteiger partial charge in [0.25, 0.3) is 22.6 Å². The maximum absolute atomic E-state index is 12.6. The maximum atomic E-state index is 12.6. The number of ether oxygens (including phenoxy) is 2. The lowest BCUT2D eigenvalue weighted by Gasteiger charge is -2.12. The first-order valence-electron chi connectivity index (χ1n) is 9.00. The number of thioether (sulfide) groups is 1. The topological polar surface area (TPSA) is 131 Å². The Hall–Kier alpha value is -3.74. The van der Waals surface area contributed by atoms with Gasteiger partial charge in [0, 0.05) is 19.2 Å². The van der Waals surface area contributed by atoms with Gasteiger partial charge >= 0.3 is 6.61 Å². The first-order chi connectivity index (χ1) is 15.3. The molecule has 3 rings (SSSR count). The van der Waals surface area contributed by atoms with E-state index in [4.69, 9.17) is 4.74 Å². The summed E-state index contributed by atoms with van der Waals surface area (Å²) >= 11 is 0.703. The Morgan fingerprint density at radius 2 is 2.03 bits per heavy atom. The minimum Gasteiger partial charge on any atom is -0.493 e. The number of benzene rings is 1. The third-order valence-electron chi connectivity index (χ3n) is 4.11. The quantitative estimate of drug-likeness (QED) is 0.564. The molecule has 168 valence electrons. The van der Waals surface area contributed by atoms with Gasteiger partial charge in [-0.2, -0.15) is 13.9 Å². The molecule has 1 aromatic carbocycles. The Balaban J connectivity index is 1.63. The minimum atomic E-state index is -3.02. The number of H-pyrrole nitrogens is 1. The van der Waals surface area contributed by atoms with E-state index in [1.54, 1.807) is 0 Å². The van der Waals surface area contributed by atoms with E-state index < -0.39 is 29.2 Å². The van der Waals surface area contributed by atoms with Crippen LogP contribution in [-0.2, 0) is 4.79 Å². The minimum absolute atomic E-state index is 0.0214. The normalized spacial score (nSPS) is 14.9. The highest BCUT2D eigenvalue weighted by Gasteiger charge is 2.34. The monoisotopic (exact) mass is 466 g/mol. The van der Waals surface area contributed by atoms with Gasteiger partial charge in [0.2, 0.25) is 0 Å². The molecule has 13 heteroatoms.